The highest BCUT2D eigenvalue weighted by Crippen LogP contribution is 2.32. The van der Waals surface area contributed by atoms with E-state index in [9.17, 15) is 75.2 Å². The summed E-state index contributed by atoms with van der Waals surface area (Å²) in [7, 11) is 0. The summed E-state index contributed by atoms with van der Waals surface area (Å²) in [4.78, 5) is 111. The van der Waals surface area contributed by atoms with E-state index in [-0.39, 0.29) is 103 Å². The lowest BCUT2D eigenvalue weighted by Gasteiger charge is -2.05. The van der Waals surface area contributed by atoms with Crippen molar-refractivity contribution < 1.29 is 26.3 Å². The van der Waals surface area contributed by atoms with Crippen LogP contribution >= 0.6 is 0 Å². The predicted octanol–water partition coefficient (Wildman–Crippen LogP) is 9.83. The Bertz CT molecular complexity index is 5190. The maximum atomic E-state index is 14.4. The molecule has 0 N–H and O–H groups in total. The third kappa shape index (κ3) is 11.3. The second kappa shape index (κ2) is 23.8. The Morgan fingerprint density at radius 1 is 0.293 bits per heavy atom. The largest absolute Gasteiger partial charge is 0.416 e. The molecule has 0 saturated carbocycles. The van der Waals surface area contributed by atoms with Gasteiger partial charge in [-0.3, -0.25) is 56.6 Å². The maximum absolute atomic E-state index is 14.4. The summed E-state index contributed by atoms with van der Waals surface area (Å²) in [6.07, 6.45) is -9.24. The van der Waals surface area contributed by atoms with Gasteiger partial charge in [0.15, 0.2) is 0 Å². The molecule has 0 unspecified atom stereocenters. The van der Waals surface area contributed by atoms with Crippen LogP contribution in [0.25, 0.3) is 43.1 Å². The zero-order chi connectivity index (χ0) is 65.8. The van der Waals surface area contributed by atoms with E-state index >= 15 is 0 Å². The highest BCUT2D eigenvalue weighted by molar-refractivity contribution is 6.10. The van der Waals surface area contributed by atoms with Crippen molar-refractivity contribution in [2.24, 2.45) is 0 Å². The lowest BCUT2D eigenvalue weighted by molar-refractivity contribution is -0.138. The van der Waals surface area contributed by atoms with Gasteiger partial charge < -0.3 is 0 Å². The first-order chi connectivity index (χ1) is 43.8. The smallest absolute Gasteiger partial charge is 0.270 e. The topological polar surface area (TPSA) is 204 Å². The van der Waals surface area contributed by atoms with Crippen molar-refractivity contribution in [3.63, 3.8) is 0 Å². The standard InChI is InChI=1S/C44H26F6N2O4.C28H18N4O4/c1-25-3-7-29(8-4-25)23-51-39(53)35-33(21-15-27-11-17-31(18-12-27)43(45,46)47)37-38(42(56)52(41(37)55)24-30-9-5-26(2)6-10-30)34(36(35)40(51)54)22-16-28-13-19-32(20-14-28)44(48,49)50;1-15-3-7-17(8-4-15)13-31-25(33)21-19(11-29)23-24(20(12-30)22(21)26(31)34)28(36)32(27(23)35)14-18-9-5-16(2)6-10-18/h3-14,17-20H,23-24H2,1-2H3;3-10H,13-14H2,1-2H3. The Labute approximate surface area is 515 Å². The SMILES string of the molecule is Cc1ccc(Cn2c(=O)c3c(C#Cc4ccc(C(F)(F)F)cc4)c4c(=O)n(Cc5ccc(C)cc5)c(=O)c4c(C#Cc4ccc(C(F)(F)F)cc4)c3c2=O)cc1.Cc1ccc(Cn2c(=O)c3c(C#N)c4c(=O)n(Cc5ccc(C)cc5)c(=O)c4c(C#N)c3c2=O)cc1. The number of halogens is 6. The van der Waals surface area contributed by atoms with Crippen LogP contribution in [0.3, 0.4) is 0 Å². The van der Waals surface area contributed by atoms with E-state index in [2.05, 4.69) is 23.7 Å². The average Bonchev–Trinajstić information content (AvgIpc) is 1.55. The van der Waals surface area contributed by atoms with Crippen molar-refractivity contribution in [1.29, 1.82) is 10.5 Å². The molecular formula is C72H44F6N6O8. The first-order valence-electron chi connectivity index (χ1n) is 28.1. The van der Waals surface area contributed by atoms with Gasteiger partial charge in [0, 0.05) is 11.1 Å². The molecule has 4 aromatic heterocycles. The second-order valence-corrected chi connectivity index (χ2v) is 22.1. The lowest BCUT2D eigenvalue weighted by Crippen LogP contribution is -2.27. The minimum atomic E-state index is -4.62. The summed E-state index contributed by atoms with van der Waals surface area (Å²) in [6, 6.07) is 39.8. The molecular weight excluding hydrogens is 1190 g/mol. The molecule has 20 heteroatoms. The fraction of sp³-hybridized carbons (Fsp3) is 0.139. The molecule has 0 saturated heterocycles. The number of hydrogen-bond acceptors (Lipinski definition) is 10. The lowest BCUT2D eigenvalue weighted by atomic mass is 9.96. The molecule has 12 rings (SSSR count). The molecule has 0 aliphatic heterocycles. The molecule has 0 radical (unpaired) electrons. The van der Waals surface area contributed by atoms with Gasteiger partial charge in [-0.1, -0.05) is 143 Å². The molecule has 0 fully saturated rings. The monoisotopic (exact) mass is 1230 g/mol. The molecule has 0 aliphatic rings. The van der Waals surface area contributed by atoms with Gasteiger partial charge in [0.25, 0.3) is 44.5 Å². The molecule has 4 heterocycles. The van der Waals surface area contributed by atoms with Gasteiger partial charge in [0.1, 0.15) is 12.1 Å². The second-order valence-electron chi connectivity index (χ2n) is 22.1. The zero-order valence-corrected chi connectivity index (χ0v) is 48.9. The van der Waals surface area contributed by atoms with Crippen LogP contribution in [0.1, 0.15) is 89.0 Å². The minimum Gasteiger partial charge on any atom is -0.270 e. The number of alkyl halides is 6. The summed E-state index contributed by atoms with van der Waals surface area (Å²) in [5.41, 5.74) is -3.19. The molecule has 0 bridgehead atoms. The fourth-order valence-corrected chi connectivity index (χ4v) is 11.0. The third-order valence-corrected chi connectivity index (χ3v) is 15.8. The van der Waals surface area contributed by atoms with Crippen LogP contribution in [-0.2, 0) is 38.5 Å². The Kier molecular flexibility index (Phi) is 16.0. The predicted molar refractivity (Wildman–Crippen MR) is 335 cm³/mol. The first kappa shape index (κ1) is 61.6. The molecule has 0 atom stereocenters. The first-order valence-corrected chi connectivity index (χ1v) is 28.1. The van der Waals surface area contributed by atoms with Gasteiger partial charge in [0.05, 0.1) is 103 Å². The van der Waals surface area contributed by atoms with Crippen LogP contribution in [-0.4, -0.2) is 18.3 Å². The third-order valence-electron chi connectivity index (χ3n) is 15.8. The van der Waals surface area contributed by atoms with Crippen LogP contribution in [0.4, 0.5) is 26.3 Å². The summed E-state index contributed by atoms with van der Waals surface area (Å²) in [5, 5.41) is 17.3. The Hall–Kier alpha value is -12.0. The van der Waals surface area contributed by atoms with Crippen LogP contribution in [0, 0.1) is 74.0 Å². The molecule has 8 aromatic carbocycles. The van der Waals surface area contributed by atoms with Crippen molar-refractivity contribution in [2.75, 3.05) is 0 Å². The van der Waals surface area contributed by atoms with Crippen LogP contribution in [0.2, 0.25) is 0 Å². The minimum absolute atomic E-state index is 0.0749. The van der Waals surface area contributed by atoms with E-state index in [1.165, 1.54) is 0 Å². The van der Waals surface area contributed by atoms with Gasteiger partial charge in [-0.15, -0.1) is 0 Å². The van der Waals surface area contributed by atoms with E-state index in [0.29, 0.717) is 22.3 Å². The highest BCUT2D eigenvalue weighted by atomic mass is 19.4. The Morgan fingerprint density at radius 3 is 0.674 bits per heavy atom. The summed E-state index contributed by atoms with van der Waals surface area (Å²) < 4.78 is 83.4. The van der Waals surface area contributed by atoms with E-state index < -0.39 is 68.0 Å². The molecule has 0 aliphatic carbocycles. The van der Waals surface area contributed by atoms with Gasteiger partial charge in [-0.25, -0.2) is 0 Å². The van der Waals surface area contributed by atoms with E-state index in [1.54, 1.807) is 72.8 Å². The molecule has 0 amide bonds. The molecule has 92 heavy (non-hydrogen) atoms. The highest BCUT2D eigenvalue weighted by Gasteiger charge is 2.33. The number of nitriles is 2. The van der Waals surface area contributed by atoms with Gasteiger partial charge in [-0.2, -0.15) is 36.9 Å². The summed E-state index contributed by atoms with van der Waals surface area (Å²) in [5.74, 6) is 10.9. The number of hydrogen-bond donors (Lipinski definition) is 0. The quantitative estimate of drug-likeness (QED) is 0.104. The van der Waals surface area contributed by atoms with Crippen LogP contribution in [0.5, 0.6) is 0 Å². The molecule has 0 spiro atoms. The van der Waals surface area contributed by atoms with Crippen molar-refractivity contribution in [3.05, 3.63) is 317 Å². The summed E-state index contributed by atoms with van der Waals surface area (Å²) >= 11 is 0. The van der Waals surface area contributed by atoms with E-state index in [1.807, 2.05) is 64.1 Å². The van der Waals surface area contributed by atoms with Gasteiger partial charge in [0.2, 0.25) is 0 Å². The Morgan fingerprint density at radius 2 is 0.489 bits per heavy atom. The van der Waals surface area contributed by atoms with Crippen LogP contribution in [0.15, 0.2) is 184 Å². The number of fused-ring (bicyclic) bond motifs is 4. The number of benzene rings is 8. The fourth-order valence-electron chi connectivity index (χ4n) is 11.0. The molecule has 14 nitrogen and oxygen atoms in total. The maximum Gasteiger partial charge on any atom is 0.416 e. The van der Waals surface area contributed by atoms with Gasteiger partial charge in [-0.05, 0) is 98.5 Å². The molecule has 12 aromatic rings. The van der Waals surface area contributed by atoms with Crippen molar-refractivity contribution in [3.8, 4) is 35.8 Å². The van der Waals surface area contributed by atoms with Crippen molar-refractivity contribution in [1.82, 2.24) is 18.3 Å². The van der Waals surface area contributed by atoms with E-state index in [4.69, 9.17) is 0 Å². The van der Waals surface area contributed by atoms with Crippen molar-refractivity contribution in [2.45, 2.75) is 66.2 Å². The number of aromatic nitrogens is 4. The van der Waals surface area contributed by atoms with Gasteiger partial charge >= 0.3 is 12.4 Å². The normalized spacial score (nSPS) is 11.5. The number of nitrogens with zero attached hydrogens (tertiary/aromatic N) is 6. The zero-order valence-electron chi connectivity index (χ0n) is 48.9. The summed E-state index contributed by atoms with van der Waals surface area (Å²) in [6.45, 7) is 6.94. The van der Waals surface area contributed by atoms with E-state index in [0.717, 1.165) is 89.1 Å². The number of aryl methyl sites for hydroxylation is 4. The Balaban J connectivity index is 0.000000207. The van der Waals surface area contributed by atoms with Crippen molar-refractivity contribution >= 4 is 43.1 Å². The molecule has 452 valence electrons. The average molecular weight is 1240 g/mol. The number of rotatable bonds is 8. The van der Waals surface area contributed by atoms with Crippen LogP contribution < -0.4 is 44.5 Å².